The minimum Gasteiger partial charge on any atom is -0.363 e. The molecule has 3 nitrogen and oxygen atoms in total. The van der Waals surface area contributed by atoms with Crippen LogP contribution in [0.1, 0.15) is 36.3 Å². The third kappa shape index (κ3) is 2.03. The smallest absolute Gasteiger partial charge is 0.111 e. The standard InChI is InChI=1S/C12H15N3S/c1-5-8(2)15(4)12-10(6-13)9(3)11(7-14)16-12/h8H,5H2,1-4H3. The molecule has 1 heterocycles. The zero-order valence-electron chi connectivity index (χ0n) is 10.0. The first-order valence-electron chi connectivity index (χ1n) is 5.23. The molecule has 0 saturated carbocycles. The molecule has 0 spiro atoms. The van der Waals surface area contributed by atoms with Gasteiger partial charge in [0.1, 0.15) is 22.0 Å². The highest BCUT2D eigenvalue weighted by molar-refractivity contribution is 7.17. The van der Waals surface area contributed by atoms with Gasteiger partial charge in [-0.2, -0.15) is 10.5 Å². The molecule has 1 rings (SSSR count). The normalized spacial score (nSPS) is 11.6. The van der Waals surface area contributed by atoms with E-state index in [9.17, 15) is 0 Å². The summed E-state index contributed by atoms with van der Waals surface area (Å²) < 4.78 is 0. The van der Waals surface area contributed by atoms with Crippen LogP contribution in [0, 0.1) is 29.6 Å². The Bertz CT molecular complexity index is 462. The van der Waals surface area contributed by atoms with E-state index >= 15 is 0 Å². The molecule has 16 heavy (non-hydrogen) atoms. The van der Waals surface area contributed by atoms with Gasteiger partial charge >= 0.3 is 0 Å². The van der Waals surface area contributed by atoms with Crippen LogP contribution in [0.15, 0.2) is 0 Å². The number of rotatable bonds is 3. The van der Waals surface area contributed by atoms with Crippen molar-refractivity contribution in [1.29, 1.82) is 10.5 Å². The van der Waals surface area contributed by atoms with E-state index in [4.69, 9.17) is 10.5 Å². The lowest BCUT2D eigenvalue weighted by atomic mass is 10.1. The summed E-state index contributed by atoms with van der Waals surface area (Å²) in [4.78, 5) is 2.72. The minimum absolute atomic E-state index is 0.372. The Labute approximate surface area is 101 Å². The topological polar surface area (TPSA) is 50.8 Å². The lowest BCUT2D eigenvalue weighted by Gasteiger charge is -2.24. The molecule has 84 valence electrons. The van der Waals surface area contributed by atoms with Gasteiger partial charge in [-0.25, -0.2) is 0 Å². The molecule has 0 aliphatic rings. The maximum atomic E-state index is 9.13. The molecule has 0 aliphatic heterocycles. The van der Waals surface area contributed by atoms with E-state index in [-0.39, 0.29) is 0 Å². The van der Waals surface area contributed by atoms with Crippen LogP contribution >= 0.6 is 11.3 Å². The van der Waals surface area contributed by atoms with Crippen molar-refractivity contribution in [2.75, 3.05) is 11.9 Å². The molecule has 0 aromatic carbocycles. The summed E-state index contributed by atoms with van der Waals surface area (Å²) in [6, 6.07) is 4.71. The van der Waals surface area contributed by atoms with Crippen molar-refractivity contribution in [1.82, 2.24) is 0 Å². The third-order valence-electron chi connectivity index (χ3n) is 2.91. The van der Waals surface area contributed by atoms with Crippen LogP contribution in [0.3, 0.4) is 0 Å². The lowest BCUT2D eigenvalue weighted by Crippen LogP contribution is -2.27. The van der Waals surface area contributed by atoms with Gasteiger partial charge < -0.3 is 4.90 Å². The van der Waals surface area contributed by atoms with Gasteiger partial charge in [-0.05, 0) is 25.8 Å². The maximum Gasteiger partial charge on any atom is 0.111 e. The quantitative estimate of drug-likeness (QED) is 0.806. The van der Waals surface area contributed by atoms with Gasteiger partial charge in [-0.1, -0.05) is 6.92 Å². The van der Waals surface area contributed by atoms with Crippen LogP contribution in [0.4, 0.5) is 5.00 Å². The van der Waals surface area contributed by atoms with E-state index < -0.39 is 0 Å². The summed E-state index contributed by atoms with van der Waals surface area (Å²) in [7, 11) is 1.97. The highest BCUT2D eigenvalue weighted by atomic mass is 32.1. The number of anilines is 1. The molecule has 0 amide bonds. The number of thiophene rings is 1. The Kier molecular flexibility index (Phi) is 3.93. The molecule has 1 aromatic heterocycles. The van der Waals surface area contributed by atoms with Crippen LogP contribution in [-0.4, -0.2) is 13.1 Å². The van der Waals surface area contributed by atoms with Gasteiger partial charge in [0.15, 0.2) is 0 Å². The van der Waals surface area contributed by atoms with Gasteiger partial charge in [0.25, 0.3) is 0 Å². The molecule has 4 heteroatoms. The Morgan fingerprint density at radius 3 is 2.44 bits per heavy atom. The molecular weight excluding hydrogens is 218 g/mol. The van der Waals surface area contributed by atoms with E-state index in [1.807, 2.05) is 14.0 Å². The summed E-state index contributed by atoms with van der Waals surface area (Å²) in [5.41, 5.74) is 1.45. The molecule has 0 radical (unpaired) electrons. The average Bonchev–Trinajstić information content (AvgIpc) is 2.63. The van der Waals surface area contributed by atoms with Crippen molar-refractivity contribution < 1.29 is 0 Å². The van der Waals surface area contributed by atoms with Crippen LogP contribution < -0.4 is 4.90 Å². The number of hydrogen-bond acceptors (Lipinski definition) is 4. The average molecular weight is 233 g/mol. The Morgan fingerprint density at radius 1 is 1.38 bits per heavy atom. The SMILES string of the molecule is CCC(C)N(C)c1sc(C#N)c(C)c1C#N. The first-order valence-corrected chi connectivity index (χ1v) is 6.04. The fourth-order valence-corrected chi connectivity index (χ4v) is 2.58. The van der Waals surface area contributed by atoms with E-state index in [1.165, 1.54) is 11.3 Å². The predicted octanol–water partition coefficient (Wildman–Crippen LogP) is 3.03. The van der Waals surface area contributed by atoms with E-state index in [0.717, 1.165) is 17.0 Å². The third-order valence-corrected chi connectivity index (χ3v) is 4.20. The molecule has 0 N–H and O–H groups in total. The van der Waals surface area contributed by atoms with Crippen LogP contribution in [-0.2, 0) is 0 Å². The molecule has 0 bridgehead atoms. The largest absolute Gasteiger partial charge is 0.363 e. The highest BCUT2D eigenvalue weighted by Crippen LogP contribution is 2.35. The zero-order valence-corrected chi connectivity index (χ0v) is 10.9. The van der Waals surface area contributed by atoms with Crippen molar-refractivity contribution in [2.24, 2.45) is 0 Å². The van der Waals surface area contributed by atoms with Gasteiger partial charge in [0.05, 0.1) is 5.56 Å². The maximum absolute atomic E-state index is 9.13. The lowest BCUT2D eigenvalue weighted by molar-refractivity contribution is 0.667. The van der Waals surface area contributed by atoms with Crippen molar-refractivity contribution in [3.63, 3.8) is 0 Å². The fourth-order valence-electron chi connectivity index (χ4n) is 1.46. The molecule has 0 aliphatic carbocycles. The van der Waals surface area contributed by atoms with Crippen molar-refractivity contribution in [2.45, 2.75) is 33.2 Å². The highest BCUT2D eigenvalue weighted by Gasteiger charge is 2.19. The first kappa shape index (κ1) is 12.5. The number of nitriles is 2. The molecule has 0 saturated heterocycles. The van der Waals surface area contributed by atoms with Gasteiger partial charge in [0.2, 0.25) is 0 Å². The molecule has 0 fully saturated rings. The van der Waals surface area contributed by atoms with E-state index in [1.54, 1.807) is 0 Å². The van der Waals surface area contributed by atoms with Gasteiger partial charge in [-0.3, -0.25) is 0 Å². The Hall–Kier alpha value is -1.52. The van der Waals surface area contributed by atoms with E-state index in [2.05, 4.69) is 30.9 Å². The molecule has 1 aromatic rings. The van der Waals surface area contributed by atoms with Crippen LogP contribution in [0.2, 0.25) is 0 Å². The van der Waals surface area contributed by atoms with Crippen molar-refractivity contribution >= 4 is 16.3 Å². The molecular formula is C12H15N3S. The summed E-state index contributed by atoms with van der Waals surface area (Å²) in [5, 5.41) is 19.0. The molecule has 1 atom stereocenters. The summed E-state index contributed by atoms with van der Waals surface area (Å²) >= 11 is 1.40. The second-order valence-corrected chi connectivity index (χ2v) is 4.83. The Balaban J connectivity index is 3.25. The monoisotopic (exact) mass is 233 g/mol. The second kappa shape index (κ2) is 5.01. The van der Waals surface area contributed by atoms with Crippen LogP contribution in [0.5, 0.6) is 0 Å². The number of nitrogens with zero attached hydrogens (tertiary/aromatic N) is 3. The first-order chi connectivity index (χ1) is 7.56. The van der Waals surface area contributed by atoms with Crippen LogP contribution in [0.25, 0.3) is 0 Å². The van der Waals surface area contributed by atoms with Crippen molar-refractivity contribution in [3.05, 3.63) is 16.0 Å². The van der Waals surface area contributed by atoms with E-state index in [0.29, 0.717) is 16.5 Å². The molecule has 1 unspecified atom stereocenters. The van der Waals surface area contributed by atoms with Gasteiger partial charge in [0, 0.05) is 13.1 Å². The number of hydrogen-bond donors (Lipinski definition) is 0. The summed E-state index contributed by atoms with van der Waals surface area (Å²) in [6.45, 7) is 6.06. The Morgan fingerprint density at radius 2 is 2.00 bits per heavy atom. The zero-order chi connectivity index (χ0) is 12.3. The summed E-state index contributed by atoms with van der Waals surface area (Å²) in [6.07, 6.45) is 1.01. The predicted molar refractivity (Wildman–Crippen MR) is 66.6 cm³/mol. The summed E-state index contributed by atoms with van der Waals surface area (Å²) in [5.74, 6) is 0. The fraction of sp³-hybridized carbons (Fsp3) is 0.500. The minimum atomic E-state index is 0.372. The van der Waals surface area contributed by atoms with Gasteiger partial charge in [-0.15, -0.1) is 11.3 Å². The van der Waals surface area contributed by atoms with Crippen molar-refractivity contribution in [3.8, 4) is 12.1 Å². The second-order valence-electron chi connectivity index (χ2n) is 3.83.